The van der Waals surface area contributed by atoms with Crippen LogP contribution in [0, 0.1) is 12.3 Å². The molecule has 0 saturated carbocycles. The molecule has 20 heavy (non-hydrogen) atoms. The summed E-state index contributed by atoms with van der Waals surface area (Å²) in [6.45, 7) is 2.15. The highest BCUT2D eigenvalue weighted by atomic mass is 32.1. The number of terminal acetylenes is 1. The van der Waals surface area contributed by atoms with Crippen molar-refractivity contribution >= 4 is 27.3 Å². The topological polar surface area (TPSA) is 88.4 Å². The molecule has 2 rings (SSSR count). The number of aromatic nitrogens is 3. The number of hydrogen-bond acceptors (Lipinski definition) is 6. The fraction of sp³-hybridized carbons (Fsp3) is 0.333. The minimum atomic E-state index is -0.239. The van der Waals surface area contributed by atoms with E-state index in [-0.39, 0.29) is 24.6 Å². The molecule has 104 valence electrons. The lowest BCUT2D eigenvalue weighted by Gasteiger charge is -2.01. The molecule has 0 aliphatic rings. The van der Waals surface area contributed by atoms with Crippen molar-refractivity contribution in [3.05, 3.63) is 22.1 Å². The first-order valence-electron chi connectivity index (χ1n) is 5.98. The quantitative estimate of drug-likeness (QED) is 0.750. The van der Waals surface area contributed by atoms with Crippen LogP contribution in [0.25, 0.3) is 4.96 Å². The number of aryl methyl sites for hydroxylation is 1. The number of nitrogens with one attached hydrogen (secondary N) is 2. The maximum absolute atomic E-state index is 11.8. The van der Waals surface area contributed by atoms with Crippen molar-refractivity contribution in [2.45, 2.75) is 13.3 Å². The molecule has 0 fully saturated rings. The third-order valence-electron chi connectivity index (χ3n) is 2.45. The minimum Gasteiger partial charge on any atom is -0.351 e. The summed E-state index contributed by atoms with van der Waals surface area (Å²) < 4.78 is 1.21. The van der Waals surface area contributed by atoms with E-state index in [0.717, 1.165) is 5.69 Å². The number of hydrogen-bond donors (Lipinski definition) is 2. The second kappa shape index (κ2) is 6.16. The molecular weight excluding hydrogens is 278 g/mol. The summed E-state index contributed by atoms with van der Waals surface area (Å²) in [7, 11) is 0. The Hall–Kier alpha value is -2.40. The fourth-order valence-electron chi connectivity index (χ4n) is 1.48. The molecule has 0 aliphatic carbocycles. The van der Waals surface area contributed by atoms with Crippen LogP contribution >= 0.6 is 11.3 Å². The molecular formula is C12H13N5O2S. The van der Waals surface area contributed by atoms with Crippen molar-refractivity contribution in [2.24, 2.45) is 0 Å². The van der Waals surface area contributed by atoms with Gasteiger partial charge in [-0.25, -0.2) is 4.98 Å². The average Bonchev–Trinajstić information content (AvgIpc) is 2.86. The van der Waals surface area contributed by atoms with E-state index >= 15 is 0 Å². The summed E-state index contributed by atoms with van der Waals surface area (Å²) in [5, 5.41) is 9.88. The maximum atomic E-state index is 11.8. The molecule has 0 bridgehead atoms. The molecule has 1 amide bonds. The molecule has 0 aromatic carbocycles. The number of anilines is 1. The van der Waals surface area contributed by atoms with Crippen LogP contribution < -0.4 is 16.2 Å². The second-order valence-electron chi connectivity index (χ2n) is 3.88. The zero-order valence-electron chi connectivity index (χ0n) is 10.8. The maximum Gasteiger partial charge on any atom is 0.275 e. The van der Waals surface area contributed by atoms with Crippen molar-refractivity contribution in [2.75, 3.05) is 18.4 Å². The van der Waals surface area contributed by atoms with Gasteiger partial charge in [-0.3, -0.25) is 9.59 Å². The molecule has 2 N–H and O–H groups in total. The molecule has 0 saturated heterocycles. The van der Waals surface area contributed by atoms with Crippen molar-refractivity contribution in [3.63, 3.8) is 0 Å². The molecule has 8 heteroatoms. The number of carbonyl (C=O) groups excluding carboxylic acids is 1. The van der Waals surface area contributed by atoms with Crippen molar-refractivity contribution in [1.82, 2.24) is 19.9 Å². The van der Waals surface area contributed by atoms with Gasteiger partial charge in [0.2, 0.25) is 16.0 Å². The van der Waals surface area contributed by atoms with Crippen LogP contribution in [0.2, 0.25) is 0 Å². The predicted molar refractivity (Wildman–Crippen MR) is 76.8 cm³/mol. The van der Waals surface area contributed by atoms with Gasteiger partial charge in [-0.15, -0.1) is 11.5 Å². The molecule has 0 unspecified atom stereocenters. The Labute approximate surface area is 119 Å². The van der Waals surface area contributed by atoms with Crippen molar-refractivity contribution in [3.8, 4) is 12.3 Å². The second-order valence-corrected chi connectivity index (χ2v) is 4.83. The number of fused-ring (bicyclic) bond motifs is 1. The highest BCUT2D eigenvalue weighted by molar-refractivity contribution is 7.20. The zero-order chi connectivity index (χ0) is 14.5. The lowest BCUT2D eigenvalue weighted by Crippen LogP contribution is -2.30. The van der Waals surface area contributed by atoms with Gasteiger partial charge in [-0.05, 0) is 6.42 Å². The van der Waals surface area contributed by atoms with E-state index < -0.39 is 0 Å². The van der Waals surface area contributed by atoms with E-state index in [1.54, 1.807) is 0 Å². The Kier molecular flexibility index (Phi) is 4.32. The van der Waals surface area contributed by atoms with Crippen LogP contribution in [0.4, 0.5) is 5.13 Å². The highest BCUT2D eigenvalue weighted by Crippen LogP contribution is 2.16. The van der Waals surface area contributed by atoms with Crippen LogP contribution in [0.1, 0.15) is 12.6 Å². The normalized spacial score (nSPS) is 10.2. The first-order valence-corrected chi connectivity index (χ1v) is 6.79. The molecule has 0 spiro atoms. The van der Waals surface area contributed by atoms with E-state index in [1.165, 1.54) is 21.9 Å². The van der Waals surface area contributed by atoms with E-state index in [4.69, 9.17) is 6.42 Å². The third-order valence-corrected chi connectivity index (χ3v) is 3.31. The molecule has 7 nitrogen and oxygen atoms in total. The summed E-state index contributed by atoms with van der Waals surface area (Å²) in [6, 6.07) is 1.45. The highest BCUT2D eigenvalue weighted by Gasteiger charge is 2.09. The lowest BCUT2D eigenvalue weighted by molar-refractivity contribution is -0.119. The zero-order valence-corrected chi connectivity index (χ0v) is 11.7. The molecule has 2 heterocycles. The monoisotopic (exact) mass is 291 g/mol. The van der Waals surface area contributed by atoms with E-state index in [0.29, 0.717) is 16.5 Å². The summed E-state index contributed by atoms with van der Waals surface area (Å²) >= 11 is 1.22. The van der Waals surface area contributed by atoms with Crippen LogP contribution in [0.3, 0.4) is 0 Å². The van der Waals surface area contributed by atoms with Gasteiger partial charge in [0.05, 0.1) is 13.1 Å². The van der Waals surface area contributed by atoms with Crippen LogP contribution in [0.15, 0.2) is 10.9 Å². The van der Waals surface area contributed by atoms with Crippen LogP contribution in [0.5, 0.6) is 0 Å². The molecule has 0 radical (unpaired) electrons. The van der Waals surface area contributed by atoms with Gasteiger partial charge >= 0.3 is 0 Å². The summed E-state index contributed by atoms with van der Waals surface area (Å²) in [5.74, 6) is 2.07. The first-order chi connectivity index (χ1) is 9.63. The molecule has 0 aliphatic heterocycles. The lowest BCUT2D eigenvalue weighted by atomic mass is 10.3. The molecule has 2 aromatic heterocycles. The Balaban J connectivity index is 2.12. The van der Waals surface area contributed by atoms with Gasteiger partial charge in [0.15, 0.2) is 0 Å². The number of amides is 1. The van der Waals surface area contributed by atoms with Gasteiger partial charge < -0.3 is 10.6 Å². The fourth-order valence-corrected chi connectivity index (χ4v) is 2.30. The Bertz CT molecular complexity index is 728. The Morgan fingerprint density at radius 1 is 1.60 bits per heavy atom. The number of rotatable bonds is 5. The number of nitrogens with zero attached hydrogens (tertiary/aromatic N) is 3. The average molecular weight is 291 g/mol. The van der Waals surface area contributed by atoms with Crippen LogP contribution in [-0.4, -0.2) is 33.6 Å². The van der Waals surface area contributed by atoms with Crippen LogP contribution in [-0.2, 0) is 11.2 Å². The van der Waals surface area contributed by atoms with Gasteiger partial charge in [0, 0.05) is 11.8 Å². The van der Waals surface area contributed by atoms with E-state index in [1.807, 2.05) is 6.92 Å². The standard InChI is InChI=1S/C12H13N5O2S/c1-3-5-13-9(18)7-14-11-16-17-10(19)6-8(4-2)15-12(17)20-11/h1,6H,4-5,7H2,2H3,(H,13,18)(H,14,16). The molecule has 0 atom stereocenters. The minimum absolute atomic E-state index is 0.0386. The predicted octanol–water partition coefficient (Wildman–Crippen LogP) is -0.125. The largest absolute Gasteiger partial charge is 0.351 e. The van der Waals surface area contributed by atoms with Gasteiger partial charge in [-0.1, -0.05) is 24.2 Å². The SMILES string of the molecule is C#CCNC(=O)CNc1nn2c(=O)cc(CC)nc2s1. The Morgan fingerprint density at radius 2 is 2.40 bits per heavy atom. The Morgan fingerprint density at radius 3 is 3.10 bits per heavy atom. The summed E-state index contributed by atoms with van der Waals surface area (Å²) in [5.41, 5.74) is 0.491. The smallest absolute Gasteiger partial charge is 0.275 e. The van der Waals surface area contributed by atoms with Gasteiger partial charge in [0.25, 0.3) is 5.56 Å². The molecule has 2 aromatic rings. The van der Waals surface area contributed by atoms with E-state index in [2.05, 4.69) is 26.6 Å². The van der Waals surface area contributed by atoms with Gasteiger partial charge in [-0.2, -0.15) is 4.52 Å². The summed E-state index contributed by atoms with van der Waals surface area (Å²) in [6.07, 6.45) is 5.72. The van der Waals surface area contributed by atoms with Gasteiger partial charge in [0.1, 0.15) is 0 Å². The number of carbonyl (C=O) groups is 1. The van der Waals surface area contributed by atoms with E-state index in [9.17, 15) is 9.59 Å². The summed E-state index contributed by atoms with van der Waals surface area (Å²) in [4.78, 5) is 28.0. The van der Waals surface area contributed by atoms with Crippen molar-refractivity contribution < 1.29 is 4.79 Å². The van der Waals surface area contributed by atoms with Crippen molar-refractivity contribution in [1.29, 1.82) is 0 Å². The third kappa shape index (κ3) is 3.13. The first kappa shape index (κ1) is 14.0.